The van der Waals surface area contributed by atoms with Gasteiger partial charge >= 0.3 is 0 Å². The molecule has 0 atom stereocenters. The molecule has 8 nitrogen and oxygen atoms in total. The van der Waals surface area contributed by atoms with E-state index in [1.54, 1.807) is 12.7 Å². The summed E-state index contributed by atoms with van der Waals surface area (Å²) >= 11 is 0. The van der Waals surface area contributed by atoms with Crippen molar-refractivity contribution in [1.29, 1.82) is 0 Å². The average Bonchev–Trinajstić information content (AvgIpc) is 3.75. The average molecular weight is 723 g/mol. The SMILES string of the molecule is CC1(C)c2ncncc2-n2c3ccc(-c4cc(-c5ccc6c(c5)c5cccc7c5n6-c5cncnc5C7(C)C)nc(-c5ccccc5)n4)cc3c3cccc1c32. The quantitative estimate of drug-likeness (QED) is 0.180. The van der Waals surface area contributed by atoms with Gasteiger partial charge in [0.15, 0.2) is 5.82 Å². The Labute approximate surface area is 322 Å². The number of rotatable bonds is 3. The van der Waals surface area contributed by atoms with Gasteiger partial charge in [-0.2, -0.15) is 0 Å². The fourth-order valence-electron chi connectivity index (χ4n) is 9.62. The van der Waals surface area contributed by atoms with E-state index in [0.717, 1.165) is 72.6 Å². The molecule has 0 saturated carbocycles. The predicted octanol–water partition coefficient (Wildman–Crippen LogP) is 10.5. The summed E-state index contributed by atoms with van der Waals surface area (Å²) < 4.78 is 4.68. The third-order valence-electron chi connectivity index (χ3n) is 12.3. The number of nitrogens with zero attached hydrogens (tertiary/aromatic N) is 8. The summed E-state index contributed by atoms with van der Waals surface area (Å²) in [6.07, 6.45) is 7.21. The van der Waals surface area contributed by atoms with Crippen molar-refractivity contribution in [3.8, 4) is 45.3 Å². The summed E-state index contributed by atoms with van der Waals surface area (Å²) in [5.74, 6) is 0.684. The van der Waals surface area contributed by atoms with Crippen LogP contribution in [-0.2, 0) is 10.8 Å². The van der Waals surface area contributed by atoms with E-state index in [2.05, 4.69) is 138 Å². The van der Waals surface area contributed by atoms with Gasteiger partial charge in [0.05, 0.1) is 68.6 Å². The van der Waals surface area contributed by atoms with Crippen LogP contribution in [0.15, 0.2) is 134 Å². The van der Waals surface area contributed by atoms with Gasteiger partial charge in [-0.3, -0.25) is 0 Å². The molecule has 2 aliphatic rings. The molecule has 0 saturated heterocycles. The van der Waals surface area contributed by atoms with Crippen LogP contribution in [0.5, 0.6) is 0 Å². The van der Waals surface area contributed by atoms with Gasteiger partial charge in [-0.15, -0.1) is 0 Å². The lowest BCUT2D eigenvalue weighted by molar-refractivity contribution is 0.602. The van der Waals surface area contributed by atoms with Crippen molar-refractivity contribution in [2.45, 2.75) is 38.5 Å². The summed E-state index contributed by atoms with van der Waals surface area (Å²) in [6, 6.07) is 39.0. The summed E-state index contributed by atoms with van der Waals surface area (Å²) in [5.41, 5.74) is 15.5. The van der Waals surface area contributed by atoms with Gasteiger partial charge in [0.2, 0.25) is 0 Å². The highest BCUT2D eigenvalue weighted by molar-refractivity contribution is 6.14. The van der Waals surface area contributed by atoms with E-state index >= 15 is 0 Å². The summed E-state index contributed by atoms with van der Waals surface area (Å²) in [6.45, 7) is 9.01. The van der Waals surface area contributed by atoms with Crippen LogP contribution in [0.3, 0.4) is 0 Å². The predicted molar refractivity (Wildman–Crippen MR) is 222 cm³/mol. The van der Waals surface area contributed by atoms with E-state index in [-0.39, 0.29) is 10.8 Å². The zero-order valence-electron chi connectivity index (χ0n) is 31.3. The highest BCUT2D eigenvalue weighted by atomic mass is 15.1. The maximum Gasteiger partial charge on any atom is 0.160 e. The monoisotopic (exact) mass is 722 g/mol. The lowest BCUT2D eigenvalue weighted by Crippen LogP contribution is -2.27. The molecule has 0 N–H and O–H groups in total. The lowest BCUT2D eigenvalue weighted by atomic mass is 9.78. The zero-order valence-corrected chi connectivity index (χ0v) is 31.3. The van der Waals surface area contributed by atoms with Crippen LogP contribution in [0, 0.1) is 0 Å². The maximum absolute atomic E-state index is 5.24. The molecule has 12 rings (SSSR count). The summed E-state index contributed by atoms with van der Waals surface area (Å²) in [4.78, 5) is 29.0. The second-order valence-electron chi connectivity index (χ2n) is 16.1. The first-order valence-corrected chi connectivity index (χ1v) is 19.0. The van der Waals surface area contributed by atoms with Crippen LogP contribution >= 0.6 is 0 Å². The summed E-state index contributed by atoms with van der Waals surface area (Å²) in [5, 5.41) is 4.73. The van der Waals surface area contributed by atoms with E-state index in [1.807, 2.05) is 30.6 Å². The molecule has 0 spiro atoms. The van der Waals surface area contributed by atoms with Crippen LogP contribution < -0.4 is 0 Å². The molecule has 56 heavy (non-hydrogen) atoms. The third-order valence-corrected chi connectivity index (χ3v) is 12.3. The second-order valence-corrected chi connectivity index (χ2v) is 16.1. The molecule has 5 aromatic heterocycles. The Kier molecular flexibility index (Phi) is 6.03. The van der Waals surface area contributed by atoms with Gasteiger partial charge in [0.25, 0.3) is 0 Å². The van der Waals surface area contributed by atoms with Crippen LogP contribution in [0.4, 0.5) is 0 Å². The minimum absolute atomic E-state index is 0.267. The molecule has 0 radical (unpaired) electrons. The van der Waals surface area contributed by atoms with Crippen molar-refractivity contribution in [3.05, 3.63) is 157 Å². The number of benzene rings is 5. The fourth-order valence-corrected chi connectivity index (χ4v) is 9.62. The molecule has 2 aliphatic heterocycles. The maximum atomic E-state index is 5.24. The van der Waals surface area contributed by atoms with Crippen molar-refractivity contribution < 1.29 is 0 Å². The molecule has 0 unspecified atom stereocenters. The first-order valence-electron chi connectivity index (χ1n) is 19.0. The standard InChI is InChI=1S/C48H34N8/c1-47(2)34-14-8-12-30-32-20-28(16-18-38(32)55(42(30)34)40-23-49-25-51-44(40)47)36-22-37(54-46(53-36)27-10-6-5-7-11-27)29-17-19-39-33(21-29)31-13-9-15-35-43(31)56(39)41-24-50-26-52-45(41)48(35,3)4/h5-26H,1-4H3. The van der Waals surface area contributed by atoms with Gasteiger partial charge in [-0.25, -0.2) is 29.9 Å². The number of hydrogen-bond acceptors (Lipinski definition) is 6. The first kappa shape index (κ1) is 31.3. The Bertz CT molecular complexity index is 3120. The normalized spacial score (nSPS) is 14.7. The van der Waals surface area contributed by atoms with E-state index < -0.39 is 0 Å². The number of para-hydroxylation sites is 2. The van der Waals surface area contributed by atoms with Gasteiger partial charge < -0.3 is 9.13 Å². The molecule has 0 aliphatic carbocycles. The van der Waals surface area contributed by atoms with Crippen molar-refractivity contribution in [2.75, 3.05) is 0 Å². The van der Waals surface area contributed by atoms with E-state index in [9.17, 15) is 0 Å². The van der Waals surface area contributed by atoms with E-state index in [4.69, 9.17) is 19.9 Å². The number of hydrogen-bond donors (Lipinski definition) is 0. The Morgan fingerprint density at radius 2 is 0.964 bits per heavy atom. The molecule has 7 heterocycles. The van der Waals surface area contributed by atoms with Gasteiger partial charge in [-0.05, 0) is 69.2 Å². The van der Waals surface area contributed by atoms with Crippen molar-refractivity contribution >= 4 is 43.6 Å². The Morgan fingerprint density at radius 3 is 1.46 bits per heavy atom. The molecule has 0 fully saturated rings. The van der Waals surface area contributed by atoms with Crippen LogP contribution in [0.1, 0.15) is 50.2 Å². The molecule has 266 valence electrons. The molecular weight excluding hydrogens is 689 g/mol. The Balaban J connectivity index is 1.08. The summed E-state index contributed by atoms with van der Waals surface area (Å²) in [7, 11) is 0. The fraction of sp³-hybridized carbons (Fsp3) is 0.125. The van der Waals surface area contributed by atoms with E-state index in [1.165, 1.54) is 32.9 Å². The molecule has 0 bridgehead atoms. The molecular formula is C48H34N8. The van der Waals surface area contributed by atoms with Crippen LogP contribution in [0.25, 0.3) is 88.9 Å². The smallest absolute Gasteiger partial charge is 0.160 e. The lowest BCUT2D eigenvalue weighted by Gasteiger charge is -2.32. The topological polar surface area (TPSA) is 87.2 Å². The minimum Gasteiger partial charge on any atom is -0.306 e. The van der Waals surface area contributed by atoms with Gasteiger partial charge in [-0.1, -0.05) is 78.9 Å². The first-order chi connectivity index (χ1) is 27.3. The largest absolute Gasteiger partial charge is 0.306 e. The number of aromatic nitrogens is 8. The molecule has 5 aromatic carbocycles. The van der Waals surface area contributed by atoms with Crippen LogP contribution in [-0.4, -0.2) is 39.0 Å². The van der Waals surface area contributed by atoms with Gasteiger partial charge in [0, 0.05) is 49.1 Å². The van der Waals surface area contributed by atoms with Crippen molar-refractivity contribution in [2.24, 2.45) is 0 Å². The van der Waals surface area contributed by atoms with Gasteiger partial charge in [0.1, 0.15) is 12.7 Å². The zero-order chi connectivity index (χ0) is 37.5. The minimum atomic E-state index is -0.267. The van der Waals surface area contributed by atoms with E-state index in [0.29, 0.717) is 5.82 Å². The van der Waals surface area contributed by atoms with Crippen LogP contribution in [0.2, 0.25) is 0 Å². The highest BCUT2D eigenvalue weighted by Gasteiger charge is 2.38. The third kappa shape index (κ3) is 4.02. The van der Waals surface area contributed by atoms with Crippen molar-refractivity contribution in [1.82, 2.24) is 39.0 Å². The molecule has 10 aromatic rings. The number of fused-ring (bicyclic) bond motifs is 10. The second kappa shape index (κ2) is 10.8. The molecule has 0 amide bonds. The highest BCUT2D eigenvalue weighted by Crippen LogP contribution is 2.48. The Hall–Kier alpha value is -7.06. The molecule has 8 heteroatoms. The van der Waals surface area contributed by atoms with Crippen molar-refractivity contribution in [3.63, 3.8) is 0 Å². The Morgan fingerprint density at radius 1 is 0.464 bits per heavy atom.